The summed E-state index contributed by atoms with van der Waals surface area (Å²) in [6.45, 7) is 2.17. The number of ether oxygens (including phenoxy) is 3. The number of rotatable bonds is 8. The van der Waals surface area contributed by atoms with E-state index in [0.717, 1.165) is 41.2 Å². The van der Waals surface area contributed by atoms with Crippen molar-refractivity contribution < 1.29 is 19.0 Å². The Hall–Kier alpha value is -3.20. The molecule has 8 nitrogen and oxygen atoms in total. The smallest absolute Gasteiger partial charge is 0.276 e. The van der Waals surface area contributed by atoms with Crippen molar-refractivity contribution in [2.75, 3.05) is 27.1 Å². The molecule has 0 unspecified atom stereocenters. The number of hydrogen-bond donors (Lipinski definition) is 1. The number of methoxy groups -OCH3 is 3. The molecule has 9 heteroatoms. The lowest BCUT2D eigenvalue weighted by Gasteiger charge is -2.34. The molecule has 0 radical (unpaired) electrons. The molecular formula is C24H28N4O4S. The van der Waals surface area contributed by atoms with Crippen molar-refractivity contribution in [2.24, 2.45) is 10.1 Å². The lowest BCUT2D eigenvalue weighted by atomic mass is 10.1. The van der Waals surface area contributed by atoms with Gasteiger partial charge >= 0.3 is 0 Å². The number of para-hydroxylation sites is 1. The number of fused-ring (bicyclic) bond motifs is 2. The van der Waals surface area contributed by atoms with Crippen LogP contribution in [-0.4, -0.2) is 43.2 Å². The molecule has 0 saturated carbocycles. The van der Waals surface area contributed by atoms with E-state index in [1.54, 1.807) is 44.2 Å². The van der Waals surface area contributed by atoms with Gasteiger partial charge in [0, 0.05) is 22.6 Å². The van der Waals surface area contributed by atoms with Gasteiger partial charge in [-0.25, -0.2) is 5.01 Å². The van der Waals surface area contributed by atoms with E-state index < -0.39 is 6.17 Å². The fourth-order valence-corrected chi connectivity index (χ4v) is 4.72. The Labute approximate surface area is 197 Å². The second-order valence-corrected chi connectivity index (χ2v) is 8.66. The van der Waals surface area contributed by atoms with E-state index in [9.17, 15) is 4.79 Å². The molecule has 0 aliphatic carbocycles. The second-order valence-electron chi connectivity index (χ2n) is 7.58. The molecule has 2 aliphatic rings. The number of hydrazone groups is 1. The monoisotopic (exact) mass is 468 g/mol. The summed E-state index contributed by atoms with van der Waals surface area (Å²) in [5.41, 5.74) is 1.18. The van der Waals surface area contributed by atoms with E-state index in [-0.39, 0.29) is 5.91 Å². The van der Waals surface area contributed by atoms with Crippen LogP contribution in [0.3, 0.4) is 0 Å². The number of nitrogens with zero attached hydrogens (tertiary/aromatic N) is 3. The lowest BCUT2D eigenvalue weighted by Crippen LogP contribution is -2.50. The van der Waals surface area contributed by atoms with Gasteiger partial charge in [-0.2, -0.15) is 0 Å². The Kier molecular flexibility index (Phi) is 7.08. The molecule has 2 aromatic rings. The zero-order chi connectivity index (χ0) is 23.4. The summed E-state index contributed by atoms with van der Waals surface area (Å²) in [7, 11) is 4.75. The van der Waals surface area contributed by atoms with Crippen LogP contribution in [0.4, 0.5) is 0 Å². The van der Waals surface area contributed by atoms with Gasteiger partial charge in [0.25, 0.3) is 5.91 Å². The van der Waals surface area contributed by atoms with Gasteiger partial charge in [-0.1, -0.05) is 49.7 Å². The maximum atomic E-state index is 13.2. The van der Waals surface area contributed by atoms with Crippen molar-refractivity contribution in [1.29, 1.82) is 0 Å². The van der Waals surface area contributed by atoms with Gasteiger partial charge in [-0.05, 0) is 18.6 Å². The molecule has 4 rings (SSSR count). The van der Waals surface area contributed by atoms with Crippen molar-refractivity contribution in [3.63, 3.8) is 0 Å². The molecule has 2 aliphatic heterocycles. The molecule has 0 bridgehead atoms. The Morgan fingerprint density at radius 1 is 1.03 bits per heavy atom. The molecule has 0 fully saturated rings. The van der Waals surface area contributed by atoms with Crippen LogP contribution in [0.5, 0.6) is 17.2 Å². The number of carbonyl (C=O) groups excluding carboxylic acids is 1. The Morgan fingerprint density at radius 3 is 2.48 bits per heavy atom. The summed E-state index contributed by atoms with van der Waals surface area (Å²) in [4.78, 5) is 18.2. The minimum atomic E-state index is -0.609. The summed E-state index contributed by atoms with van der Waals surface area (Å²) in [6, 6.07) is 11.2. The van der Waals surface area contributed by atoms with Gasteiger partial charge < -0.3 is 14.2 Å². The van der Waals surface area contributed by atoms with Crippen molar-refractivity contribution in [1.82, 2.24) is 10.3 Å². The molecule has 1 atom stereocenters. The zero-order valence-corrected chi connectivity index (χ0v) is 20.1. The van der Waals surface area contributed by atoms with Crippen LogP contribution in [0.15, 0.2) is 46.5 Å². The molecule has 174 valence electrons. The van der Waals surface area contributed by atoms with E-state index in [1.807, 2.05) is 30.3 Å². The van der Waals surface area contributed by atoms with E-state index >= 15 is 0 Å². The van der Waals surface area contributed by atoms with Gasteiger partial charge in [0.2, 0.25) is 0 Å². The minimum Gasteiger partial charge on any atom is -0.496 e. The first kappa shape index (κ1) is 23.0. The van der Waals surface area contributed by atoms with Crippen LogP contribution in [0, 0.1) is 0 Å². The molecule has 2 aromatic carbocycles. The first-order chi connectivity index (χ1) is 16.1. The third kappa shape index (κ3) is 4.50. The summed E-state index contributed by atoms with van der Waals surface area (Å²) < 4.78 is 16.6. The Balaban J connectivity index is 1.85. The summed E-state index contributed by atoms with van der Waals surface area (Å²) in [5, 5.41) is 11.5. The van der Waals surface area contributed by atoms with Crippen LogP contribution >= 0.6 is 11.8 Å². The molecule has 0 spiro atoms. The van der Waals surface area contributed by atoms with Crippen molar-refractivity contribution in [3.8, 4) is 17.2 Å². The number of amides is 1. The predicted molar refractivity (Wildman–Crippen MR) is 129 cm³/mol. The highest BCUT2D eigenvalue weighted by molar-refractivity contribution is 8.13. The molecule has 2 heterocycles. The predicted octanol–water partition coefficient (Wildman–Crippen LogP) is 2.78. The number of hydrogen-bond acceptors (Lipinski definition) is 8. The lowest BCUT2D eigenvalue weighted by molar-refractivity contribution is -0.116. The van der Waals surface area contributed by atoms with E-state index in [2.05, 4.69) is 12.2 Å². The normalized spacial score (nSPS) is 16.8. The quantitative estimate of drug-likeness (QED) is 0.600. The fraction of sp³-hybridized carbons (Fsp3) is 0.375. The van der Waals surface area contributed by atoms with Crippen LogP contribution < -0.4 is 30.1 Å². The van der Waals surface area contributed by atoms with Gasteiger partial charge in [-0.3, -0.25) is 15.1 Å². The van der Waals surface area contributed by atoms with Crippen molar-refractivity contribution in [3.05, 3.63) is 52.5 Å². The molecule has 0 saturated heterocycles. The van der Waals surface area contributed by atoms with Gasteiger partial charge in [0.05, 0.1) is 26.7 Å². The largest absolute Gasteiger partial charge is 0.496 e. The Bertz CT molecular complexity index is 1200. The van der Waals surface area contributed by atoms with E-state index in [4.69, 9.17) is 24.3 Å². The maximum Gasteiger partial charge on any atom is 0.276 e. The highest BCUT2D eigenvalue weighted by Gasteiger charge is 2.36. The average molecular weight is 469 g/mol. The first-order valence-corrected chi connectivity index (χ1v) is 11.9. The van der Waals surface area contributed by atoms with Crippen LogP contribution in [-0.2, 0) is 4.79 Å². The summed E-state index contributed by atoms with van der Waals surface area (Å²) >= 11 is 1.54. The van der Waals surface area contributed by atoms with E-state index in [1.165, 1.54) is 0 Å². The van der Waals surface area contributed by atoms with Gasteiger partial charge in [-0.15, -0.1) is 5.10 Å². The summed E-state index contributed by atoms with van der Waals surface area (Å²) in [6.07, 6.45) is 2.73. The summed E-state index contributed by atoms with van der Waals surface area (Å²) in [5.74, 6) is 2.34. The average Bonchev–Trinajstić information content (AvgIpc) is 2.85. The van der Waals surface area contributed by atoms with Crippen LogP contribution in [0.2, 0.25) is 0 Å². The number of unbranched alkanes of at least 4 members (excludes halogenated alkanes) is 2. The minimum absolute atomic E-state index is 0.199. The molecular weight excluding hydrogens is 440 g/mol. The maximum absolute atomic E-state index is 13.2. The van der Waals surface area contributed by atoms with Gasteiger partial charge in [0.15, 0.2) is 22.8 Å². The number of nitrogens with one attached hydrogen (secondary N) is 1. The number of amidine groups is 1. The number of benzene rings is 2. The van der Waals surface area contributed by atoms with Crippen molar-refractivity contribution in [2.45, 2.75) is 32.4 Å². The molecule has 33 heavy (non-hydrogen) atoms. The molecule has 1 amide bonds. The number of carbonyl (C=O) groups is 1. The van der Waals surface area contributed by atoms with Crippen LogP contribution in [0.1, 0.15) is 37.9 Å². The SMILES string of the molecule is CCCCCSC1=NN2C(=c3ccccc3=N[C@H]2c2cc(OC)c(OC)cc2OC)C(=O)N1. The number of thioether (sulfide) groups is 1. The Morgan fingerprint density at radius 2 is 1.76 bits per heavy atom. The first-order valence-electron chi connectivity index (χ1n) is 10.9. The fourth-order valence-electron chi connectivity index (χ4n) is 3.87. The highest BCUT2D eigenvalue weighted by Crippen LogP contribution is 2.41. The highest BCUT2D eigenvalue weighted by atomic mass is 32.2. The van der Waals surface area contributed by atoms with E-state index in [0.29, 0.717) is 28.1 Å². The second kappa shape index (κ2) is 10.2. The van der Waals surface area contributed by atoms with Gasteiger partial charge in [0.1, 0.15) is 11.4 Å². The molecule has 1 N–H and O–H groups in total. The standard InChI is InChI=1S/C24H28N4O4S/c1-5-6-9-12-33-24-26-23(29)21-15-10-7-8-11-17(15)25-22(28(21)27-24)16-13-19(31-3)20(32-4)14-18(16)30-2/h7-8,10-11,13-14,22H,5-6,9,12H2,1-4H3,(H,26,27,29)/t22-/m1/s1. The third-order valence-corrected chi connectivity index (χ3v) is 6.47. The van der Waals surface area contributed by atoms with Crippen molar-refractivity contribution >= 4 is 28.5 Å². The third-order valence-electron chi connectivity index (χ3n) is 5.52. The van der Waals surface area contributed by atoms with Crippen LogP contribution in [0.25, 0.3) is 5.70 Å². The molecule has 0 aromatic heterocycles. The topological polar surface area (TPSA) is 84.8 Å². The zero-order valence-electron chi connectivity index (χ0n) is 19.3.